The fourth-order valence-corrected chi connectivity index (χ4v) is 3.74. The first-order valence-corrected chi connectivity index (χ1v) is 9.62. The van der Waals surface area contributed by atoms with Gasteiger partial charge in [-0.2, -0.15) is 0 Å². The molecule has 0 amide bonds. The summed E-state index contributed by atoms with van der Waals surface area (Å²) in [6, 6.07) is 4.20. The third-order valence-electron chi connectivity index (χ3n) is 6.46. The Balaban J connectivity index is 1.68. The first-order valence-electron chi connectivity index (χ1n) is 9.62. The molecule has 6 heteroatoms. The highest BCUT2D eigenvalue weighted by Crippen LogP contribution is 2.46. The van der Waals surface area contributed by atoms with Crippen molar-refractivity contribution in [2.45, 2.75) is 39.8 Å². The average Bonchev–Trinajstić information content (AvgIpc) is 2.62. The topological polar surface area (TPSA) is 47.0 Å². The van der Waals surface area contributed by atoms with Crippen LogP contribution in [0.3, 0.4) is 0 Å². The lowest BCUT2D eigenvalue weighted by molar-refractivity contribution is -0.0667. The number of nitrogens with zero attached hydrogens (tertiary/aromatic N) is 5. The highest BCUT2D eigenvalue weighted by atomic mass is 15.4. The summed E-state index contributed by atoms with van der Waals surface area (Å²) in [5.74, 6) is 2.08. The Kier molecular flexibility index (Phi) is 5.15. The standard InChI is InChI=1S/C20H34N6/c1-19(2)15-26(20(19,3)4)18(21-5)23-14-16-8-7-9-22-17(16)25-12-10-24(6)11-13-25/h7-9H,10-15H2,1-6H3,(H,21,23). The van der Waals surface area contributed by atoms with Crippen LogP contribution in [0.25, 0.3) is 0 Å². The minimum absolute atomic E-state index is 0.101. The summed E-state index contributed by atoms with van der Waals surface area (Å²) in [5, 5.41) is 3.57. The van der Waals surface area contributed by atoms with Crippen molar-refractivity contribution in [1.29, 1.82) is 0 Å². The van der Waals surface area contributed by atoms with Crippen LogP contribution in [-0.4, -0.2) is 73.1 Å². The summed E-state index contributed by atoms with van der Waals surface area (Å²) in [4.78, 5) is 16.3. The number of rotatable bonds is 3. The van der Waals surface area contributed by atoms with Crippen LogP contribution in [0.15, 0.2) is 23.3 Å². The third kappa shape index (κ3) is 3.39. The number of hydrogen-bond donors (Lipinski definition) is 1. The van der Waals surface area contributed by atoms with Gasteiger partial charge in [0.15, 0.2) is 5.96 Å². The minimum atomic E-state index is 0.101. The predicted molar refractivity (Wildman–Crippen MR) is 109 cm³/mol. The zero-order valence-corrected chi connectivity index (χ0v) is 17.2. The molecule has 6 nitrogen and oxygen atoms in total. The molecule has 144 valence electrons. The number of nitrogens with one attached hydrogen (secondary N) is 1. The zero-order chi connectivity index (χ0) is 18.9. The van der Waals surface area contributed by atoms with Crippen LogP contribution in [0.4, 0.5) is 5.82 Å². The molecule has 2 aliphatic rings. The molecule has 3 rings (SSSR count). The van der Waals surface area contributed by atoms with Crippen LogP contribution in [0.5, 0.6) is 0 Å². The highest BCUT2D eigenvalue weighted by Gasteiger charge is 2.53. The van der Waals surface area contributed by atoms with Gasteiger partial charge in [0.1, 0.15) is 5.82 Å². The monoisotopic (exact) mass is 358 g/mol. The smallest absolute Gasteiger partial charge is 0.194 e. The summed E-state index contributed by atoms with van der Waals surface area (Å²) in [6.07, 6.45) is 1.90. The van der Waals surface area contributed by atoms with E-state index in [-0.39, 0.29) is 5.54 Å². The van der Waals surface area contributed by atoms with Gasteiger partial charge in [-0.15, -0.1) is 0 Å². The van der Waals surface area contributed by atoms with E-state index in [1.807, 2.05) is 19.3 Å². The van der Waals surface area contributed by atoms with E-state index in [0.29, 0.717) is 5.41 Å². The van der Waals surface area contributed by atoms with Crippen molar-refractivity contribution in [1.82, 2.24) is 20.1 Å². The fourth-order valence-electron chi connectivity index (χ4n) is 3.74. The summed E-state index contributed by atoms with van der Waals surface area (Å²) < 4.78 is 0. The van der Waals surface area contributed by atoms with E-state index >= 15 is 0 Å². The molecule has 0 bridgehead atoms. The van der Waals surface area contributed by atoms with E-state index in [9.17, 15) is 0 Å². The van der Waals surface area contributed by atoms with Gasteiger partial charge in [0.05, 0.1) is 0 Å². The Morgan fingerprint density at radius 1 is 1.19 bits per heavy atom. The number of likely N-dealkylation sites (tertiary alicyclic amines) is 1. The number of pyridine rings is 1. The van der Waals surface area contributed by atoms with Gasteiger partial charge in [-0.3, -0.25) is 4.99 Å². The third-order valence-corrected chi connectivity index (χ3v) is 6.46. The Labute approximate surface area is 158 Å². The van der Waals surface area contributed by atoms with E-state index in [1.54, 1.807) is 0 Å². The van der Waals surface area contributed by atoms with Gasteiger partial charge in [-0.1, -0.05) is 19.9 Å². The average molecular weight is 359 g/mol. The lowest BCUT2D eigenvalue weighted by atomic mass is 9.65. The van der Waals surface area contributed by atoms with E-state index in [4.69, 9.17) is 0 Å². The maximum Gasteiger partial charge on any atom is 0.194 e. The second-order valence-corrected chi connectivity index (χ2v) is 8.71. The van der Waals surface area contributed by atoms with Crippen molar-refractivity contribution >= 4 is 11.8 Å². The molecule has 2 aliphatic heterocycles. The Morgan fingerprint density at radius 2 is 1.88 bits per heavy atom. The van der Waals surface area contributed by atoms with Crippen molar-refractivity contribution < 1.29 is 0 Å². The zero-order valence-electron chi connectivity index (χ0n) is 17.2. The SMILES string of the molecule is CN=C(NCc1cccnc1N1CCN(C)CC1)N1CC(C)(C)C1(C)C. The van der Waals surface area contributed by atoms with E-state index in [1.165, 1.54) is 5.56 Å². The van der Waals surface area contributed by atoms with Gasteiger partial charge in [0, 0.05) is 69.0 Å². The number of anilines is 1. The molecule has 0 spiro atoms. The van der Waals surface area contributed by atoms with Gasteiger partial charge in [0.25, 0.3) is 0 Å². The second kappa shape index (κ2) is 7.06. The first-order chi connectivity index (χ1) is 12.3. The van der Waals surface area contributed by atoms with Gasteiger partial charge >= 0.3 is 0 Å². The van der Waals surface area contributed by atoms with Crippen LogP contribution < -0.4 is 10.2 Å². The molecular weight excluding hydrogens is 324 g/mol. The molecule has 26 heavy (non-hydrogen) atoms. The number of guanidine groups is 1. The molecule has 0 atom stereocenters. The molecule has 0 aliphatic carbocycles. The lowest BCUT2D eigenvalue weighted by Crippen LogP contribution is -2.72. The molecule has 0 radical (unpaired) electrons. The number of piperazine rings is 1. The molecule has 2 fully saturated rings. The van der Waals surface area contributed by atoms with Crippen molar-refractivity contribution in [3.8, 4) is 0 Å². The van der Waals surface area contributed by atoms with Gasteiger partial charge in [0.2, 0.25) is 0 Å². The predicted octanol–water partition coefficient (Wildman–Crippen LogP) is 2.03. The van der Waals surface area contributed by atoms with E-state index < -0.39 is 0 Å². The van der Waals surface area contributed by atoms with Crippen molar-refractivity contribution in [2.75, 3.05) is 51.7 Å². The van der Waals surface area contributed by atoms with Crippen LogP contribution in [-0.2, 0) is 6.54 Å². The van der Waals surface area contributed by atoms with Crippen LogP contribution in [0, 0.1) is 5.41 Å². The molecule has 0 aromatic carbocycles. The van der Waals surface area contributed by atoms with Gasteiger partial charge < -0.3 is 20.0 Å². The maximum atomic E-state index is 4.68. The highest BCUT2D eigenvalue weighted by molar-refractivity contribution is 5.82. The number of hydrogen-bond acceptors (Lipinski definition) is 4. The summed E-state index contributed by atoms with van der Waals surface area (Å²) in [6.45, 7) is 15.2. The largest absolute Gasteiger partial charge is 0.354 e. The molecule has 0 saturated carbocycles. The Hall–Kier alpha value is -1.82. The lowest BCUT2D eigenvalue weighted by Gasteiger charge is -2.62. The fraction of sp³-hybridized carbons (Fsp3) is 0.700. The van der Waals surface area contributed by atoms with Gasteiger partial charge in [-0.05, 0) is 27.0 Å². The summed E-state index contributed by atoms with van der Waals surface area (Å²) in [7, 11) is 4.05. The Morgan fingerprint density at radius 3 is 2.46 bits per heavy atom. The number of likely N-dealkylation sites (N-methyl/N-ethyl adjacent to an activating group) is 1. The van der Waals surface area contributed by atoms with Crippen molar-refractivity contribution in [3.05, 3.63) is 23.9 Å². The van der Waals surface area contributed by atoms with Gasteiger partial charge in [-0.25, -0.2) is 4.98 Å². The molecule has 2 saturated heterocycles. The van der Waals surface area contributed by atoms with Crippen LogP contribution in [0.2, 0.25) is 0 Å². The molecular formula is C20H34N6. The maximum absolute atomic E-state index is 4.68. The minimum Gasteiger partial charge on any atom is -0.354 e. The first kappa shape index (κ1) is 19.0. The van der Waals surface area contributed by atoms with Crippen LogP contribution >= 0.6 is 0 Å². The Bertz CT molecular complexity index is 658. The molecule has 1 aromatic heterocycles. The van der Waals surface area contributed by atoms with Crippen molar-refractivity contribution in [3.63, 3.8) is 0 Å². The van der Waals surface area contributed by atoms with Crippen LogP contribution in [0.1, 0.15) is 33.3 Å². The molecule has 1 aromatic rings. The summed E-state index contributed by atoms with van der Waals surface area (Å²) >= 11 is 0. The second-order valence-electron chi connectivity index (χ2n) is 8.71. The van der Waals surface area contributed by atoms with E-state index in [2.05, 4.69) is 70.8 Å². The number of aliphatic imine (C=N–C) groups is 1. The molecule has 0 unspecified atom stereocenters. The van der Waals surface area contributed by atoms with E-state index in [0.717, 1.165) is 51.0 Å². The molecule has 3 heterocycles. The normalized spacial score (nSPS) is 22.9. The quantitative estimate of drug-likeness (QED) is 0.662. The number of aromatic nitrogens is 1. The summed E-state index contributed by atoms with van der Waals surface area (Å²) in [5.41, 5.74) is 1.63. The molecule has 1 N–H and O–H groups in total. The van der Waals surface area contributed by atoms with Crippen molar-refractivity contribution in [2.24, 2.45) is 10.4 Å².